The summed E-state index contributed by atoms with van der Waals surface area (Å²) >= 11 is -1.85. The molecule has 4 nitrogen and oxygen atoms in total. The molecule has 2 radical (unpaired) electrons. The first kappa shape index (κ1) is 22.7. The van der Waals surface area contributed by atoms with Gasteiger partial charge in [0.05, 0.1) is 0 Å². The van der Waals surface area contributed by atoms with Gasteiger partial charge in [0.1, 0.15) is 0 Å². The van der Waals surface area contributed by atoms with E-state index in [2.05, 4.69) is 13.8 Å². The normalized spacial score (nSPS) is 10.5. The van der Waals surface area contributed by atoms with Crippen molar-refractivity contribution in [2.24, 2.45) is 0 Å². The molecule has 0 aliphatic heterocycles. The zero-order chi connectivity index (χ0) is 17.2. The molecule has 0 amide bonds. The Labute approximate surface area is 152 Å². The molecule has 0 spiro atoms. The van der Waals surface area contributed by atoms with Gasteiger partial charge in [-0.1, -0.05) is 0 Å². The zero-order valence-corrected chi connectivity index (χ0v) is 17.9. The average Bonchev–Trinajstić information content (AvgIpc) is 2.53. The summed E-state index contributed by atoms with van der Waals surface area (Å²) in [5.74, 6) is 0. The molecule has 0 saturated heterocycles. The van der Waals surface area contributed by atoms with Crippen molar-refractivity contribution < 1.29 is 19.1 Å². The SMILES string of the molecule is CCCCCCCCO[C](=O)[Sn][C](=O)OCCCCCCCC. The van der Waals surface area contributed by atoms with E-state index in [1.54, 1.807) is 0 Å². The minimum atomic E-state index is -1.85. The number of hydrogen-bond donors (Lipinski definition) is 0. The summed E-state index contributed by atoms with van der Waals surface area (Å²) in [6, 6.07) is 0. The van der Waals surface area contributed by atoms with Crippen molar-refractivity contribution in [3.05, 3.63) is 0 Å². The Morgan fingerprint density at radius 3 is 1.35 bits per heavy atom. The van der Waals surface area contributed by atoms with Crippen LogP contribution in [0.2, 0.25) is 0 Å². The molecule has 134 valence electrons. The first-order chi connectivity index (χ1) is 11.2. The predicted molar refractivity (Wildman–Crippen MR) is 95.2 cm³/mol. The van der Waals surface area contributed by atoms with Crippen LogP contribution in [0.3, 0.4) is 0 Å². The van der Waals surface area contributed by atoms with Crippen molar-refractivity contribution in [1.29, 1.82) is 0 Å². The first-order valence-electron chi connectivity index (χ1n) is 9.31. The third-order valence-electron chi connectivity index (χ3n) is 3.67. The molecule has 0 unspecified atom stereocenters. The van der Waals surface area contributed by atoms with Gasteiger partial charge in [-0.2, -0.15) is 0 Å². The van der Waals surface area contributed by atoms with Crippen LogP contribution in [0.1, 0.15) is 90.9 Å². The molecule has 0 aromatic carbocycles. The van der Waals surface area contributed by atoms with E-state index in [9.17, 15) is 9.59 Å². The molecule has 0 N–H and O–H groups in total. The molecule has 0 fully saturated rings. The molecule has 0 aromatic rings. The van der Waals surface area contributed by atoms with Crippen LogP contribution in [0.4, 0.5) is 9.59 Å². The van der Waals surface area contributed by atoms with Gasteiger partial charge in [0.25, 0.3) is 0 Å². The second kappa shape index (κ2) is 18.1. The van der Waals surface area contributed by atoms with Crippen LogP contribution < -0.4 is 0 Å². The van der Waals surface area contributed by atoms with E-state index in [0.717, 1.165) is 25.7 Å². The number of hydrogen-bond acceptors (Lipinski definition) is 4. The van der Waals surface area contributed by atoms with Gasteiger partial charge in [0, 0.05) is 0 Å². The van der Waals surface area contributed by atoms with E-state index in [0.29, 0.717) is 13.2 Å². The summed E-state index contributed by atoms with van der Waals surface area (Å²) in [5, 5.41) is 0. The van der Waals surface area contributed by atoms with E-state index in [-0.39, 0.29) is 7.97 Å². The fourth-order valence-corrected chi connectivity index (χ4v) is 3.72. The fraction of sp³-hybridized carbons (Fsp3) is 0.889. The van der Waals surface area contributed by atoms with Gasteiger partial charge in [-0.05, 0) is 0 Å². The summed E-state index contributed by atoms with van der Waals surface area (Å²) in [6.07, 6.45) is 13.9. The summed E-state index contributed by atoms with van der Waals surface area (Å²) in [4.78, 5) is 23.1. The molecule has 0 heterocycles. The van der Waals surface area contributed by atoms with Gasteiger partial charge in [0.2, 0.25) is 0 Å². The Morgan fingerprint density at radius 2 is 0.957 bits per heavy atom. The van der Waals surface area contributed by atoms with E-state index < -0.39 is 21.1 Å². The molecule has 23 heavy (non-hydrogen) atoms. The van der Waals surface area contributed by atoms with Crippen LogP contribution in [-0.4, -0.2) is 42.3 Å². The maximum atomic E-state index is 11.5. The molecule has 0 aliphatic rings. The number of unbranched alkanes of at least 4 members (excludes halogenated alkanes) is 10. The Kier molecular flexibility index (Phi) is 17.9. The van der Waals surface area contributed by atoms with Crippen molar-refractivity contribution in [3.63, 3.8) is 0 Å². The van der Waals surface area contributed by atoms with E-state index in [1.807, 2.05) is 0 Å². The van der Waals surface area contributed by atoms with Crippen molar-refractivity contribution in [2.75, 3.05) is 13.2 Å². The van der Waals surface area contributed by atoms with Gasteiger partial charge in [0.15, 0.2) is 0 Å². The third kappa shape index (κ3) is 17.9. The summed E-state index contributed by atoms with van der Waals surface area (Å²) in [7, 11) is 0. The average molecular weight is 433 g/mol. The standard InChI is InChI=1S/2C9H17O2.Sn/c2*1-2-3-4-5-6-7-8-11-9-10;/h2*2-8H2,1H3;. The molecule has 0 rings (SSSR count). The van der Waals surface area contributed by atoms with Crippen molar-refractivity contribution >= 4 is 29.1 Å². The topological polar surface area (TPSA) is 52.6 Å². The van der Waals surface area contributed by atoms with Crippen molar-refractivity contribution in [2.45, 2.75) is 90.9 Å². The van der Waals surface area contributed by atoms with Crippen molar-refractivity contribution in [1.82, 2.24) is 0 Å². The third-order valence-corrected chi connectivity index (χ3v) is 5.66. The molecule has 0 aliphatic carbocycles. The Hall–Kier alpha value is -0.261. The van der Waals surface area contributed by atoms with Gasteiger partial charge in [-0.25, -0.2) is 0 Å². The van der Waals surface area contributed by atoms with Gasteiger partial charge in [-0.15, -0.1) is 0 Å². The number of ether oxygens (including phenoxy) is 2. The maximum absolute atomic E-state index is 11.5. The summed E-state index contributed by atoms with van der Waals surface area (Å²) in [5.41, 5.74) is 0. The zero-order valence-electron chi connectivity index (χ0n) is 15.0. The van der Waals surface area contributed by atoms with Gasteiger partial charge in [-0.3, -0.25) is 0 Å². The molecular weight excluding hydrogens is 399 g/mol. The molecule has 0 bridgehead atoms. The van der Waals surface area contributed by atoms with Crippen LogP contribution in [0.25, 0.3) is 0 Å². The quantitative estimate of drug-likeness (QED) is 0.232. The second-order valence-corrected chi connectivity index (χ2v) is 8.98. The van der Waals surface area contributed by atoms with Crippen LogP contribution >= 0.6 is 0 Å². The summed E-state index contributed by atoms with van der Waals surface area (Å²) < 4.78 is 9.66. The van der Waals surface area contributed by atoms with E-state index in [4.69, 9.17) is 9.47 Å². The second-order valence-electron chi connectivity index (χ2n) is 5.93. The van der Waals surface area contributed by atoms with Crippen LogP contribution in [0.15, 0.2) is 0 Å². The molecule has 5 heteroatoms. The molecule has 0 aromatic heterocycles. The van der Waals surface area contributed by atoms with Crippen molar-refractivity contribution in [3.8, 4) is 0 Å². The fourth-order valence-electron chi connectivity index (χ4n) is 2.25. The van der Waals surface area contributed by atoms with Gasteiger partial charge < -0.3 is 0 Å². The molecular formula is C18H34O4Sn. The Bertz CT molecular complexity index is 267. The number of carbonyl (C=O) groups is 2. The Balaban J connectivity index is 3.36. The van der Waals surface area contributed by atoms with Crippen LogP contribution in [-0.2, 0) is 9.47 Å². The number of carbonyl (C=O) groups excluding carboxylic acids is 2. The van der Waals surface area contributed by atoms with E-state index >= 15 is 0 Å². The first-order valence-corrected chi connectivity index (χ1v) is 12.2. The van der Waals surface area contributed by atoms with Gasteiger partial charge >= 0.3 is 152 Å². The monoisotopic (exact) mass is 434 g/mol. The predicted octanol–water partition coefficient (Wildman–Crippen LogP) is 5.68. The Morgan fingerprint density at radius 1 is 0.609 bits per heavy atom. The minimum absolute atomic E-state index is 0.296. The van der Waals surface area contributed by atoms with E-state index in [1.165, 1.54) is 51.4 Å². The summed E-state index contributed by atoms with van der Waals surface area (Å²) in [6.45, 7) is 5.30. The molecule has 0 saturated carbocycles. The molecule has 0 atom stereocenters. The van der Waals surface area contributed by atoms with Crippen LogP contribution in [0, 0.1) is 0 Å². The van der Waals surface area contributed by atoms with Crippen LogP contribution in [0.5, 0.6) is 0 Å². The number of rotatable bonds is 16.